The van der Waals surface area contributed by atoms with Gasteiger partial charge in [-0.3, -0.25) is 4.90 Å². The maximum atomic E-state index is 13.3. The fraction of sp³-hybridized carbons (Fsp3) is 0.500. The molecule has 0 atom stereocenters. The van der Waals surface area contributed by atoms with Crippen molar-refractivity contribution in [1.82, 2.24) is 4.90 Å². The molecule has 0 amide bonds. The second-order valence-electron chi connectivity index (χ2n) is 4.68. The van der Waals surface area contributed by atoms with Gasteiger partial charge in [-0.25, -0.2) is 4.39 Å². The molecule has 92 valence electrons. The summed E-state index contributed by atoms with van der Waals surface area (Å²) in [4.78, 5) is 2.25. The zero-order valence-electron chi connectivity index (χ0n) is 10.7. The highest BCUT2D eigenvalue weighted by atomic mass is 19.1. The van der Waals surface area contributed by atoms with E-state index in [1.54, 1.807) is 6.07 Å². The minimum Gasteiger partial charge on any atom is -0.299 e. The highest BCUT2D eigenvalue weighted by molar-refractivity contribution is 5.33. The normalized spacial score (nSPS) is 10.9. The van der Waals surface area contributed by atoms with E-state index in [4.69, 9.17) is 5.26 Å². The van der Waals surface area contributed by atoms with Gasteiger partial charge in [-0.05, 0) is 36.2 Å². The third-order valence-corrected chi connectivity index (χ3v) is 2.56. The lowest BCUT2D eigenvalue weighted by Crippen LogP contribution is -2.27. The van der Waals surface area contributed by atoms with Crippen molar-refractivity contribution in [3.63, 3.8) is 0 Å². The van der Waals surface area contributed by atoms with Gasteiger partial charge in [0.2, 0.25) is 0 Å². The number of hydrogen-bond acceptors (Lipinski definition) is 2. The molecule has 0 spiro atoms. The Kier molecular flexibility index (Phi) is 5.11. The molecule has 3 heteroatoms. The van der Waals surface area contributed by atoms with Gasteiger partial charge in [-0.15, -0.1) is 0 Å². The molecular formula is C14H19FN2. The first kappa shape index (κ1) is 13.7. The highest BCUT2D eigenvalue weighted by Gasteiger charge is 2.08. The van der Waals surface area contributed by atoms with Crippen molar-refractivity contribution in [3.05, 3.63) is 35.1 Å². The molecule has 0 N–H and O–H groups in total. The SMILES string of the molecule is CCN(Cc1cc(F)cc(C#N)c1)CC(C)C. The van der Waals surface area contributed by atoms with Crippen LogP contribution in [0.2, 0.25) is 0 Å². The summed E-state index contributed by atoms with van der Waals surface area (Å²) < 4.78 is 13.3. The number of halogens is 1. The summed E-state index contributed by atoms with van der Waals surface area (Å²) in [5, 5.41) is 8.79. The highest BCUT2D eigenvalue weighted by Crippen LogP contribution is 2.12. The molecule has 0 heterocycles. The molecule has 0 saturated carbocycles. The molecule has 0 bridgehead atoms. The fourth-order valence-corrected chi connectivity index (χ4v) is 1.89. The molecule has 0 aromatic heterocycles. The van der Waals surface area contributed by atoms with Crippen LogP contribution < -0.4 is 0 Å². The lowest BCUT2D eigenvalue weighted by Gasteiger charge is -2.22. The second-order valence-corrected chi connectivity index (χ2v) is 4.68. The molecular weight excluding hydrogens is 215 g/mol. The molecule has 0 saturated heterocycles. The third-order valence-electron chi connectivity index (χ3n) is 2.56. The van der Waals surface area contributed by atoms with Crippen molar-refractivity contribution in [1.29, 1.82) is 5.26 Å². The molecule has 1 aromatic rings. The van der Waals surface area contributed by atoms with Crippen molar-refractivity contribution in [2.75, 3.05) is 13.1 Å². The van der Waals surface area contributed by atoms with Gasteiger partial charge < -0.3 is 0 Å². The number of benzene rings is 1. The van der Waals surface area contributed by atoms with Crippen LogP contribution in [-0.2, 0) is 6.54 Å². The van der Waals surface area contributed by atoms with Crippen LogP contribution in [0, 0.1) is 23.1 Å². The predicted molar refractivity (Wildman–Crippen MR) is 66.9 cm³/mol. The Balaban J connectivity index is 2.79. The molecule has 0 unspecified atom stereocenters. The molecule has 0 aliphatic heterocycles. The van der Waals surface area contributed by atoms with Crippen LogP contribution in [0.15, 0.2) is 18.2 Å². The lowest BCUT2D eigenvalue weighted by molar-refractivity contribution is 0.248. The summed E-state index contributed by atoms with van der Waals surface area (Å²) in [6, 6.07) is 6.51. The van der Waals surface area contributed by atoms with Gasteiger partial charge in [0.25, 0.3) is 0 Å². The summed E-state index contributed by atoms with van der Waals surface area (Å²) in [5.74, 6) is 0.249. The average Bonchev–Trinajstić information content (AvgIpc) is 2.26. The molecule has 0 aliphatic rings. The fourth-order valence-electron chi connectivity index (χ4n) is 1.89. The van der Waals surface area contributed by atoms with Crippen molar-refractivity contribution in [2.24, 2.45) is 5.92 Å². The van der Waals surface area contributed by atoms with Crippen LogP contribution in [0.25, 0.3) is 0 Å². The molecule has 0 radical (unpaired) electrons. The molecule has 1 aromatic carbocycles. The largest absolute Gasteiger partial charge is 0.299 e. The quantitative estimate of drug-likeness (QED) is 0.782. The monoisotopic (exact) mass is 234 g/mol. The number of rotatable bonds is 5. The van der Waals surface area contributed by atoms with E-state index >= 15 is 0 Å². The van der Waals surface area contributed by atoms with Gasteiger partial charge in [-0.2, -0.15) is 5.26 Å². The Morgan fingerprint density at radius 2 is 2.06 bits per heavy atom. The summed E-state index contributed by atoms with van der Waals surface area (Å²) in [6.45, 7) is 9.02. The zero-order chi connectivity index (χ0) is 12.8. The van der Waals surface area contributed by atoms with Gasteiger partial charge >= 0.3 is 0 Å². The van der Waals surface area contributed by atoms with Gasteiger partial charge in [0.1, 0.15) is 5.82 Å². The molecule has 0 fully saturated rings. The standard InChI is InChI=1S/C14H19FN2/c1-4-17(9-11(2)3)10-13-5-12(8-16)6-14(15)7-13/h5-7,11H,4,9-10H2,1-3H3. The smallest absolute Gasteiger partial charge is 0.124 e. The minimum absolute atomic E-state index is 0.334. The average molecular weight is 234 g/mol. The number of nitriles is 1. The number of nitrogens with zero attached hydrogens (tertiary/aromatic N) is 2. The first-order valence-electron chi connectivity index (χ1n) is 5.97. The van der Waals surface area contributed by atoms with E-state index < -0.39 is 0 Å². The van der Waals surface area contributed by atoms with E-state index in [0.717, 1.165) is 18.7 Å². The van der Waals surface area contributed by atoms with E-state index in [1.165, 1.54) is 12.1 Å². The molecule has 2 nitrogen and oxygen atoms in total. The zero-order valence-corrected chi connectivity index (χ0v) is 10.7. The van der Waals surface area contributed by atoms with Gasteiger partial charge in [-0.1, -0.05) is 20.8 Å². The maximum absolute atomic E-state index is 13.3. The van der Waals surface area contributed by atoms with Crippen molar-refractivity contribution in [2.45, 2.75) is 27.3 Å². The predicted octanol–water partition coefficient (Wildman–Crippen LogP) is 3.18. The Bertz CT molecular complexity index is 407. The van der Waals surface area contributed by atoms with E-state index in [-0.39, 0.29) is 5.82 Å². The van der Waals surface area contributed by atoms with Gasteiger partial charge in [0.05, 0.1) is 11.6 Å². The van der Waals surface area contributed by atoms with Crippen LogP contribution in [-0.4, -0.2) is 18.0 Å². The Hall–Kier alpha value is -1.40. The molecule has 1 rings (SSSR count). The van der Waals surface area contributed by atoms with E-state index in [1.807, 2.05) is 6.07 Å². The molecule has 0 aliphatic carbocycles. The van der Waals surface area contributed by atoms with Crippen LogP contribution >= 0.6 is 0 Å². The van der Waals surface area contributed by atoms with Crippen LogP contribution in [0.5, 0.6) is 0 Å². The lowest BCUT2D eigenvalue weighted by atomic mass is 10.1. The Labute approximate surface area is 103 Å². The van der Waals surface area contributed by atoms with E-state index in [0.29, 0.717) is 18.0 Å². The van der Waals surface area contributed by atoms with Gasteiger partial charge in [0.15, 0.2) is 0 Å². The first-order valence-corrected chi connectivity index (χ1v) is 5.97. The maximum Gasteiger partial charge on any atom is 0.124 e. The summed E-state index contributed by atoms with van der Waals surface area (Å²) in [7, 11) is 0. The first-order chi connectivity index (χ1) is 8.05. The van der Waals surface area contributed by atoms with Crippen LogP contribution in [0.3, 0.4) is 0 Å². The third kappa shape index (κ3) is 4.54. The Morgan fingerprint density at radius 3 is 2.59 bits per heavy atom. The van der Waals surface area contributed by atoms with Crippen LogP contribution in [0.4, 0.5) is 4.39 Å². The van der Waals surface area contributed by atoms with Crippen molar-refractivity contribution < 1.29 is 4.39 Å². The molecule has 17 heavy (non-hydrogen) atoms. The van der Waals surface area contributed by atoms with Crippen molar-refractivity contribution >= 4 is 0 Å². The minimum atomic E-state index is -0.334. The van der Waals surface area contributed by atoms with Crippen LogP contribution in [0.1, 0.15) is 31.9 Å². The van der Waals surface area contributed by atoms with Crippen molar-refractivity contribution in [3.8, 4) is 6.07 Å². The summed E-state index contributed by atoms with van der Waals surface area (Å²) in [5.41, 5.74) is 1.25. The van der Waals surface area contributed by atoms with Gasteiger partial charge in [0, 0.05) is 13.1 Å². The van der Waals surface area contributed by atoms with E-state index in [2.05, 4.69) is 25.7 Å². The summed E-state index contributed by atoms with van der Waals surface area (Å²) >= 11 is 0. The Morgan fingerprint density at radius 1 is 1.35 bits per heavy atom. The summed E-state index contributed by atoms with van der Waals surface area (Å²) in [6.07, 6.45) is 0. The second kappa shape index (κ2) is 6.36. The topological polar surface area (TPSA) is 27.0 Å². The number of hydrogen-bond donors (Lipinski definition) is 0. The van der Waals surface area contributed by atoms with E-state index in [9.17, 15) is 4.39 Å².